The van der Waals surface area contributed by atoms with Gasteiger partial charge in [-0.2, -0.15) is 10.1 Å². The summed E-state index contributed by atoms with van der Waals surface area (Å²) in [5, 5.41) is 4.51. The van der Waals surface area contributed by atoms with Gasteiger partial charge in [-0.1, -0.05) is 66.2 Å². The fourth-order valence-corrected chi connectivity index (χ4v) is 4.35. The Morgan fingerprint density at radius 2 is 1.69 bits per heavy atom. The van der Waals surface area contributed by atoms with Crippen molar-refractivity contribution in [1.29, 1.82) is 0 Å². The van der Waals surface area contributed by atoms with E-state index in [1.54, 1.807) is 24.1 Å². The van der Waals surface area contributed by atoms with Gasteiger partial charge in [-0.25, -0.2) is 4.68 Å². The first-order chi connectivity index (χ1) is 15.7. The fourth-order valence-electron chi connectivity index (χ4n) is 4.35. The molecule has 1 aromatic heterocycles. The van der Waals surface area contributed by atoms with Crippen molar-refractivity contribution in [2.24, 2.45) is 0 Å². The molecule has 4 aromatic rings. The topological polar surface area (TPSA) is 60.2 Å². The number of benzene rings is 3. The summed E-state index contributed by atoms with van der Waals surface area (Å²) in [5.41, 5.74) is 3.97. The minimum atomic E-state index is -0.182. The van der Waals surface area contributed by atoms with Crippen LogP contribution < -0.4 is 9.64 Å². The lowest BCUT2D eigenvalue weighted by Crippen LogP contribution is -2.42. The second kappa shape index (κ2) is 8.30. The average Bonchev–Trinajstić information content (AvgIpc) is 3.33. The number of aryl methyl sites for hydroxylation is 1. The molecule has 2 heterocycles. The van der Waals surface area contributed by atoms with Gasteiger partial charge < -0.3 is 4.74 Å². The van der Waals surface area contributed by atoms with Gasteiger partial charge in [-0.05, 0) is 42.7 Å². The zero-order valence-corrected chi connectivity index (χ0v) is 18.1. The van der Waals surface area contributed by atoms with E-state index in [1.165, 1.54) is 11.9 Å². The minimum absolute atomic E-state index is 0.0207. The molecule has 160 valence electrons. The number of aromatic nitrogens is 3. The Labute approximate surface area is 187 Å². The van der Waals surface area contributed by atoms with Crippen molar-refractivity contribution in [3.63, 3.8) is 0 Å². The van der Waals surface area contributed by atoms with E-state index in [-0.39, 0.29) is 18.0 Å². The quantitative estimate of drug-likeness (QED) is 0.464. The SMILES string of the molecule is COc1cccc(C(=O)N2c3ncnn3[C@H](c3ccc(C)cc3)C[C@@H]2c2ccccc2)c1. The van der Waals surface area contributed by atoms with Gasteiger partial charge in [-0.15, -0.1) is 0 Å². The van der Waals surface area contributed by atoms with E-state index < -0.39 is 0 Å². The van der Waals surface area contributed by atoms with Gasteiger partial charge in [-0.3, -0.25) is 9.69 Å². The van der Waals surface area contributed by atoms with E-state index in [9.17, 15) is 4.79 Å². The van der Waals surface area contributed by atoms with Crippen molar-refractivity contribution in [1.82, 2.24) is 14.8 Å². The number of hydrogen-bond acceptors (Lipinski definition) is 4. The lowest BCUT2D eigenvalue weighted by Gasteiger charge is -2.39. The van der Waals surface area contributed by atoms with Crippen LogP contribution in [0.3, 0.4) is 0 Å². The molecule has 1 amide bonds. The molecule has 0 N–H and O–H groups in total. The van der Waals surface area contributed by atoms with Gasteiger partial charge in [0.25, 0.3) is 5.91 Å². The number of nitrogens with zero attached hydrogens (tertiary/aromatic N) is 4. The molecule has 3 aromatic carbocycles. The summed E-state index contributed by atoms with van der Waals surface area (Å²) >= 11 is 0. The molecule has 0 saturated heterocycles. The number of ether oxygens (including phenoxy) is 1. The molecule has 0 bridgehead atoms. The van der Waals surface area contributed by atoms with Crippen LogP contribution in [0.15, 0.2) is 85.2 Å². The molecular formula is C26H24N4O2. The number of fused-ring (bicyclic) bond motifs is 1. The standard InChI is InChI=1S/C26H24N4O2/c1-18-11-13-20(14-12-18)24-16-23(19-7-4-3-5-8-19)29(26-27-17-28-30(24)26)25(31)21-9-6-10-22(15-21)32-2/h3-15,17,23-24H,16H2,1-2H3/t23-,24+/m1/s1. The number of amides is 1. The van der Waals surface area contributed by atoms with Crippen molar-refractivity contribution in [2.45, 2.75) is 25.4 Å². The highest BCUT2D eigenvalue weighted by atomic mass is 16.5. The molecule has 0 aliphatic carbocycles. The second-order valence-electron chi connectivity index (χ2n) is 8.00. The smallest absolute Gasteiger partial charge is 0.261 e. The van der Waals surface area contributed by atoms with Crippen LogP contribution in [0, 0.1) is 6.92 Å². The van der Waals surface area contributed by atoms with E-state index >= 15 is 0 Å². The lowest BCUT2D eigenvalue weighted by molar-refractivity contribution is 0.0963. The molecule has 1 aliphatic rings. The maximum Gasteiger partial charge on any atom is 0.261 e. The fraction of sp³-hybridized carbons (Fsp3) is 0.192. The van der Waals surface area contributed by atoms with E-state index in [4.69, 9.17) is 4.74 Å². The summed E-state index contributed by atoms with van der Waals surface area (Å²) in [4.78, 5) is 20.1. The van der Waals surface area contributed by atoms with Gasteiger partial charge in [0.05, 0.1) is 19.2 Å². The Balaban J connectivity index is 1.63. The molecule has 6 heteroatoms. The van der Waals surface area contributed by atoms with Crippen molar-refractivity contribution in [3.05, 3.63) is 107 Å². The second-order valence-corrected chi connectivity index (χ2v) is 8.00. The number of hydrogen-bond donors (Lipinski definition) is 0. The highest BCUT2D eigenvalue weighted by molar-refractivity contribution is 6.06. The van der Waals surface area contributed by atoms with Crippen molar-refractivity contribution in [2.75, 3.05) is 12.0 Å². The maximum absolute atomic E-state index is 13.8. The molecule has 2 atom stereocenters. The van der Waals surface area contributed by atoms with Gasteiger partial charge in [0, 0.05) is 5.56 Å². The summed E-state index contributed by atoms with van der Waals surface area (Å²) in [6, 6.07) is 25.6. The molecule has 0 saturated carbocycles. The summed E-state index contributed by atoms with van der Waals surface area (Å²) in [6.07, 6.45) is 2.22. The zero-order valence-electron chi connectivity index (χ0n) is 18.1. The van der Waals surface area contributed by atoms with Crippen LogP contribution in [0.5, 0.6) is 5.75 Å². The third-order valence-corrected chi connectivity index (χ3v) is 6.01. The third-order valence-electron chi connectivity index (χ3n) is 6.01. The monoisotopic (exact) mass is 424 g/mol. The zero-order chi connectivity index (χ0) is 22.1. The molecule has 0 fully saturated rings. The van der Waals surface area contributed by atoms with Gasteiger partial charge in [0.15, 0.2) is 0 Å². The summed E-state index contributed by atoms with van der Waals surface area (Å²) < 4.78 is 7.20. The van der Waals surface area contributed by atoms with Crippen LogP contribution >= 0.6 is 0 Å². The van der Waals surface area contributed by atoms with Crippen molar-refractivity contribution >= 4 is 11.9 Å². The molecule has 0 radical (unpaired) electrons. The molecule has 1 aliphatic heterocycles. The highest BCUT2D eigenvalue weighted by Gasteiger charge is 2.39. The molecule has 6 nitrogen and oxygen atoms in total. The first-order valence-electron chi connectivity index (χ1n) is 10.6. The van der Waals surface area contributed by atoms with E-state index in [1.807, 2.05) is 35.0 Å². The Kier molecular flexibility index (Phi) is 5.19. The number of anilines is 1. The Hall–Kier alpha value is -3.93. The first-order valence-corrected chi connectivity index (χ1v) is 10.6. The first kappa shape index (κ1) is 20.0. The Morgan fingerprint density at radius 3 is 2.44 bits per heavy atom. The van der Waals surface area contributed by atoms with Crippen LogP contribution in [0.25, 0.3) is 0 Å². The molecule has 5 rings (SSSR count). The largest absolute Gasteiger partial charge is 0.497 e. The maximum atomic E-state index is 13.8. The third kappa shape index (κ3) is 3.54. The summed E-state index contributed by atoms with van der Waals surface area (Å²) in [5.74, 6) is 1.06. The predicted molar refractivity (Wildman–Crippen MR) is 123 cm³/mol. The number of carbonyl (C=O) groups is 1. The van der Waals surface area contributed by atoms with Crippen molar-refractivity contribution in [3.8, 4) is 5.75 Å². The van der Waals surface area contributed by atoms with Crippen LogP contribution in [-0.2, 0) is 0 Å². The predicted octanol–water partition coefficient (Wildman–Crippen LogP) is 4.98. The highest BCUT2D eigenvalue weighted by Crippen LogP contribution is 2.42. The normalized spacial score (nSPS) is 17.6. The van der Waals surface area contributed by atoms with Crippen molar-refractivity contribution < 1.29 is 9.53 Å². The van der Waals surface area contributed by atoms with Crippen LogP contribution in [0.1, 0.15) is 45.6 Å². The van der Waals surface area contributed by atoms with Crippen LogP contribution in [0.4, 0.5) is 5.95 Å². The summed E-state index contributed by atoms with van der Waals surface area (Å²) in [7, 11) is 1.60. The van der Waals surface area contributed by atoms with E-state index in [0.717, 1.165) is 11.1 Å². The lowest BCUT2D eigenvalue weighted by atomic mass is 9.91. The molecule has 0 spiro atoms. The molecule has 0 unspecified atom stereocenters. The van der Waals surface area contributed by atoms with E-state index in [0.29, 0.717) is 23.7 Å². The summed E-state index contributed by atoms with van der Waals surface area (Å²) in [6.45, 7) is 2.08. The Bertz CT molecular complexity index is 1230. The minimum Gasteiger partial charge on any atom is -0.497 e. The number of rotatable bonds is 4. The Morgan fingerprint density at radius 1 is 0.938 bits per heavy atom. The van der Waals surface area contributed by atoms with Crippen LogP contribution in [0.2, 0.25) is 0 Å². The van der Waals surface area contributed by atoms with Crippen LogP contribution in [-0.4, -0.2) is 27.8 Å². The van der Waals surface area contributed by atoms with Gasteiger partial charge in [0.2, 0.25) is 5.95 Å². The average molecular weight is 425 g/mol. The molecule has 32 heavy (non-hydrogen) atoms. The number of carbonyl (C=O) groups excluding carboxylic acids is 1. The van der Waals surface area contributed by atoms with E-state index in [2.05, 4.69) is 53.4 Å². The number of methoxy groups -OCH3 is 1. The molecular weight excluding hydrogens is 400 g/mol. The van der Waals surface area contributed by atoms with Gasteiger partial charge in [0.1, 0.15) is 12.1 Å². The van der Waals surface area contributed by atoms with Gasteiger partial charge >= 0.3 is 0 Å².